The molecule has 1 heterocycles. The van der Waals surface area contributed by atoms with Crippen LogP contribution in [-0.2, 0) is 12.8 Å². The molecule has 148 valence electrons. The Labute approximate surface area is 165 Å². The topological polar surface area (TPSA) is 75.7 Å². The fourth-order valence-electron chi connectivity index (χ4n) is 2.95. The first-order valence-corrected chi connectivity index (χ1v) is 9.78. The van der Waals surface area contributed by atoms with Gasteiger partial charge in [0.25, 0.3) is 0 Å². The molecule has 3 rings (SSSR count). The second kappa shape index (κ2) is 10.1. The maximum Gasteiger partial charge on any atom is 0.194 e. The SMILES string of the molecule is CCCc1nc(-c2ccc(Oc3ccc(CCC(O)CCO)cc3)cc2)co1. The zero-order valence-electron chi connectivity index (χ0n) is 16.2. The number of aromatic nitrogens is 1. The largest absolute Gasteiger partial charge is 0.457 e. The van der Waals surface area contributed by atoms with E-state index in [-0.39, 0.29) is 6.61 Å². The number of aryl methyl sites for hydroxylation is 2. The van der Waals surface area contributed by atoms with Crippen molar-refractivity contribution >= 4 is 0 Å². The second-order valence-electron chi connectivity index (χ2n) is 6.85. The number of ether oxygens (including phenoxy) is 1. The van der Waals surface area contributed by atoms with E-state index in [9.17, 15) is 5.11 Å². The first-order chi connectivity index (χ1) is 13.7. The third-order valence-electron chi connectivity index (χ3n) is 4.55. The fourth-order valence-corrected chi connectivity index (χ4v) is 2.95. The van der Waals surface area contributed by atoms with Crippen molar-refractivity contribution in [2.45, 2.75) is 45.1 Å². The summed E-state index contributed by atoms with van der Waals surface area (Å²) in [7, 11) is 0. The lowest BCUT2D eigenvalue weighted by Crippen LogP contribution is -2.09. The molecule has 2 aromatic carbocycles. The van der Waals surface area contributed by atoms with Crippen molar-refractivity contribution in [3.8, 4) is 22.8 Å². The first kappa shape index (κ1) is 20.1. The zero-order valence-corrected chi connectivity index (χ0v) is 16.2. The minimum atomic E-state index is -0.456. The number of nitrogens with zero attached hydrogens (tertiary/aromatic N) is 1. The lowest BCUT2D eigenvalue weighted by atomic mass is 10.1. The molecule has 28 heavy (non-hydrogen) atoms. The molecule has 0 aliphatic carbocycles. The van der Waals surface area contributed by atoms with E-state index >= 15 is 0 Å². The molecule has 0 aliphatic rings. The molecule has 0 amide bonds. The molecule has 5 heteroatoms. The van der Waals surface area contributed by atoms with Gasteiger partial charge in [-0.25, -0.2) is 4.98 Å². The summed E-state index contributed by atoms with van der Waals surface area (Å²) in [4.78, 5) is 4.50. The molecule has 3 aromatic rings. The molecule has 1 aromatic heterocycles. The van der Waals surface area contributed by atoms with E-state index < -0.39 is 6.10 Å². The monoisotopic (exact) mass is 381 g/mol. The van der Waals surface area contributed by atoms with Gasteiger partial charge in [0.05, 0.1) is 6.10 Å². The van der Waals surface area contributed by atoms with Crippen LogP contribution in [0.4, 0.5) is 0 Å². The summed E-state index contributed by atoms with van der Waals surface area (Å²) in [5, 5.41) is 18.5. The van der Waals surface area contributed by atoms with E-state index in [4.69, 9.17) is 14.3 Å². The summed E-state index contributed by atoms with van der Waals surface area (Å²) in [5.74, 6) is 2.29. The second-order valence-corrected chi connectivity index (χ2v) is 6.85. The fraction of sp³-hybridized carbons (Fsp3) is 0.348. The Balaban J connectivity index is 1.56. The van der Waals surface area contributed by atoms with Crippen LogP contribution in [-0.4, -0.2) is 27.9 Å². The highest BCUT2D eigenvalue weighted by Crippen LogP contribution is 2.26. The average Bonchev–Trinajstić information content (AvgIpc) is 3.17. The number of oxazole rings is 1. The van der Waals surface area contributed by atoms with Gasteiger partial charge in [-0.2, -0.15) is 0 Å². The highest BCUT2D eigenvalue weighted by molar-refractivity contribution is 5.59. The van der Waals surface area contributed by atoms with E-state index in [0.717, 1.165) is 53.5 Å². The first-order valence-electron chi connectivity index (χ1n) is 9.78. The molecule has 0 fully saturated rings. The van der Waals surface area contributed by atoms with Gasteiger partial charge in [-0.3, -0.25) is 0 Å². The van der Waals surface area contributed by atoms with Crippen LogP contribution in [0, 0.1) is 0 Å². The highest BCUT2D eigenvalue weighted by Gasteiger charge is 2.07. The third-order valence-corrected chi connectivity index (χ3v) is 4.55. The summed E-state index contributed by atoms with van der Waals surface area (Å²) in [6.45, 7) is 2.12. The predicted molar refractivity (Wildman–Crippen MR) is 108 cm³/mol. The van der Waals surface area contributed by atoms with Crippen LogP contribution in [0.5, 0.6) is 11.5 Å². The van der Waals surface area contributed by atoms with Crippen LogP contribution < -0.4 is 4.74 Å². The molecule has 0 bridgehead atoms. The van der Waals surface area contributed by atoms with Crippen LogP contribution >= 0.6 is 0 Å². The Kier molecular flexibility index (Phi) is 7.23. The molecule has 0 aliphatic heterocycles. The Morgan fingerprint density at radius 1 is 0.964 bits per heavy atom. The summed E-state index contributed by atoms with van der Waals surface area (Å²) < 4.78 is 11.4. The average molecular weight is 381 g/mol. The van der Waals surface area contributed by atoms with Crippen LogP contribution in [0.25, 0.3) is 11.3 Å². The summed E-state index contributed by atoms with van der Waals surface area (Å²) in [6, 6.07) is 15.6. The molecule has 1 unspecified atom stereocenters. The van der Waals surface area contributed by atoms with E-state index in [1.807, 2.05) is 48.5 Å². The minimum absolute atomic E-state index is 0.0172. The molecule has 0 saturated carbocycles. The van der Waals surface area contributed by atoms with E-state index in [1.165, 1.54) is 0 Å². The summed E-state index contributed by atoms with van der Waals surface area (Å²) >= 11 is 0. The Morgan fingerprint density at radius 3 is 2.29 bits per heavy atom. The Morgan fingerprint density at radius 2 is 1.64 bits per heavy atom. The Hall–Kier alpha value is -2.63. The Bertz CT molecular complexity index is 840. The van der Waals surface area contributed by atoms with Crippen molar-refractivity contribution in [2.24, 2.45) is 0 Å². The predicted octanol–water partition coefficient (Wildman–Crippen LogP) is 4.76. The van der Waals surface area contributed by atoms with E-state index in [2.05, 4.69) is 11.9 Å². The maximum absolute atomic E-state index is 9.70. The van der Waals surface area contributed by atoms with Gasteiger partial charge in [0.1, 0.15) is 23.5 Å². The molecule has 5 nitrogen and oxygen atoms in total. The quantitative estimate of drug-likeness (QED) is 0.529. The molecular weight excluding hydrogens is 354 g/mol. The number of hydrogen-bond donors (Lipinski definition) is 2. The lowest BCUT2D eigenvalue weighted by Gasteiger charge is -2.10. The highest BCUT2D eigenvalue weighted by atomic mass is 16.5. The van der Waals surface area contributed by atoms with Gasteiger partial charge >= 0.3 is 0 Å². The van der Waals surface area contributed by atoms with Crippen LogP contribution in [0.3, 0.4) is 0 Å². The molecular formula is C23H27NO4. The van der Waals surface area contributed by atoms with E-state index in [1.54, 1.807) is 6.26 Å². The van der Waals surface area contributed by atoms with Gasteiger partial charge in [-0.15, -0.1) is 0 Å². The molecule has 0 saturated heterocycles. The molecule has 0 radical (unpaired) electrons. The van der Waals surface area contributed by atoms with Crippen LogP contribution in [0.1, 0.15) is 37.6 Å². The number of rotatable bonds is 10. The van der Waals surface area contributed by atoms with Crippen molar-refractivity contribution in [1.82, 2.24) is 4.98 Å². The van der Waals surface area contributed by atoms with Gasteiger partial charge in [0.15, 0.2) is 5.89 Å². The lowest BCUT2D eigenvalue weighted by molar-refractivity contribution is 0.125. The van der Waals surface area contributed by atoms with E-state index in [0.29, 0.717) is 12.8 Å². The maximum atomic E-state index is 9.70. The van der Waals surface area contributed by atoms with Gasteiger partial charge in [-0.05, 0) is 67.6 Å². The van der Waals surface area contributed by atoms with Gasteiger partial charge in [0, 0.05) is 18.6 Å². The molecule has 1 atom stereocenters. The number of hydrogen-bond acceptors (Lipinski definition) is 5. The minimum Gasteiger partial charge on any atom is -0.457 e. The van der Waals surface area contributed by atoms with Crippen molar-refractivity contribution in [2.75, 3.05) is 6.61 Å². The number of aliphatic hydroxyl groups excluding tert-OH is 2. The van der Waals surface area contributed by atoms with Crippen molar-refractivity contribution in [1.29, 1.82) is 0 Å². The molecule has 2 N–H and O–H groups in total. The standard InChI is InChI=1S/C23H27NO4/c1-2-3-23-24-22(16-27-23)18-7-12-21(13-8-18)28-20-10-5-17(6-11-20)4-9-19(26)14-15-25/h5-8,10-13,16,19,25-26H,2-4,9,14-15H2,1H3. The van der Waals surface area contributed by atoms with Gasteiger partial charge in [-0.1, -0.05) is 19.1 Å². The van der Waals surface area contributed by atoms with Crippen LogP contribution in [0.15, 0.2) is 59.2 Å². The van der Waals surface area contributed by atoms with Crippen LogP contribution in [0.2, 0.25) is 0 Å². The van der Waals surface area contributed by atoms with Gasteiger partial charge in [0.2, 0.25) is 0 Å². The van der Waals surface area contributed by atoms with Crippen molar-refractivity contribution < 1.29 is 19.4 Å². The van der Waals surface area contributed by atoms with Crippen molar-refractivity contribution in [3.05, 3.63) is 66.2 Å². The normalized spacial score (nSPS) is 12.1. The summed E-state index contributed by atoms with van der Waals surface area (Å²) in [6.07, 6.45) is 4.93. The molecule has 0 spiro atoms. The van der Waals surface area contributed by atoms with Gasteiger partial charge < -0.3 is 19.4 Å². The third kappa shape index (κ3) is 5.68. The number of aliphatic hydroxyl groups is 2. The zero-order chi connectivity index (χ0) is 19.8. The van der Waals surface area contributed by atoms with Crippen molar-refractivity contribution in [3.63, 3.8) is 0 Å². The smallest absolute Gasteiger partial charge is 0.194 e. The summed E-state index contributed by atoms with van der Waals surface area (Å²) in [5.41, 5.74) is 2.96. The number of benzene rings is 2.